The van der Waals surface area contributed by atoms with Crippen LogP contribution >= 0.6 is 39.1 Å². The van der Waals surface area contributed by atoms with Crippen LogP contribution in [0.3, 0.4) is 0 Å². The molecule has 1 fully saturated rings. The summed E-state index contributed by atoms with van der Waals surface area (Å²) in [6.07, 6.45) is 2.39. The van der Waals surface area contributed by atoms with Crippen molar-refractivity contribution in [1.29, 1.82) is 0 Å². The van der Waals surface area contributed by atoms with E-state index in [2.05, 4.69) is 33.1 Å². The first kappa shape index (κ1) is 15.4. The van der Waals surface area contributed by atoms with E-state index >= 15 is 0 Å². The molecule has 1 aromatic rings. The Kier molecular flexibility index (Phi) is 5.82. The molecule has 1 unspecified atom stereocenters. The fraction of sp³-hybridized carbons (Fsp3) is 0.571. The minimum atomic E-state index is 0.603. The van der Waals surface area contributed by atoms with E-state index in [1.54, 1.807) is 0 Å². The van der Waals surface area contributed by atoms with Gasteiger partial charge in [0.1, 0.15) is 0 Å². The number of nitrogens with zero attached hydrogens (tertiary/aromatic N) is 1. The molecule has 5 heteroatoms. The summed E-state index contributed by atoms with van der Waals surface area (Å²) in [5.41, 5.74) is 1.05. The van der Waals surface area contributed by atoms with Crippen molar-refractivity contribution in [3.8, 4) is 0 Å². The van der Waals surface area contributed by atoms with Crippen molar-refractivity contribution in [1.82, 2.24) is 5.32 Å². The van der Waals surface area contributed by atoms with Crippen LogP contribution in [0.2, 0.25) is 10.0 Å². The number of hydrogen-bond donors (Lipinski definition) is 1. The lowest BCUT2D eigenvalue weighted by atomic mass is 10.1. The summed E-state index contributed by atoms with van der Waals surface area (Å²) in [7, 11) is 0. The van der Waals surface area contributed by atoms with Gasteiger partial charge in [-0.2, -0.15) is 0 Å². The molecular formula is C14H19BrCl2N2. The van der Waals surface area contributed by atoms with Gasteiger partial charge in [-0.3, -0.25) is 0 Å². The smallest absolute Gasteiger partial charge is 0.0837 e. The fourth-order valence-corrected chi connectivity index (χ4v) is 3.35. The van der Waals surface area contributed by atoms with Crippen LogP contribution in [0.4, 0.5) is 5.69 Å². The van der Waals surface area contributed by atoms with Gasteiger partial charge in [-0.15, -0.1) is 0 Å². The average Bonchev–Trinajstić information content (AvgIpc) is 2.85. The van der Waals surface area contributed by atoms with Crippen molar-refractivity contribution >= 4 is 44.8 Å². The lowest BCUT2D eigenvalue weighted by molar-refractivity contribution is 0.516. The lowest BCUT2D eigenvalue weighted by Gasteiger charge is -2.21. The van der Waals surface area contributed by atoms with E-state index in [1.165, 1.54) is 12.8 Å². The molecule has 0 aliphatic carbocycles. The Hall–Kier alpha value is 0.0400. The molecule has 0 saturated carbocycles. The van der Waals surface area contributed by atoms with Gasteiger partial charge in [0.2, 0.25) is 0 Å². The Labute approximate surface area is 133 Å². The zero-order valence-corrected chi connectivity index (χ0v) is 14.2. The van der Waals surface area contributed by atoms with Crippen molar-refractivity contribution in [2.24, 2.45) is 5.92 Å². The molecule has 1 aliphatic heterocycles. The first-order valence-corrected chi connectivity index (χ1v) is 8.27. The molecular weight excluding hydrogens is 347 g/mol. The summed E-state index contributed by atoms with van der Waals surface area (Å²) in [4.78, 5) is 2.33. The summed E-state index contributed by atoms with van der Waals surface area (Å²) < 4.78 is 0.850. The van der Waals surface area contributed by atoms with Gasteiger partial charge < -0.3 is 10.2 Å². The standard InChI is InChI=1S/C14H19BrCl2N2/c1-2-6-18-8-10-5-7-19(9-10)12-4-3-11(15)13(16)14(12)17/h3-4,10,18H,2,5-9H2,1H3. The quantitative estimate of drug-likeness (QED) is 0.606. The minimum Gasteiger partial charge on any atom is -0.370 e. The highest BCUT2D eigenvalue weighted by molar-refractivity contribution is 9.10. The predicted octanol–water partition coefficient (Wildman–Crippen LogP) is 4.58. The Morgan fingerprint density at radius 2 is 2.16 bits per heavy atom. The van der Waals surface area contributed by atoms with Crippen molar-refractivity contribution < 1.29 is 0 Å². The second-order valence-electron chi connectivity index (χ2n) is 5.00. The monoisotopic (exact) mass is 364 g/mol. The molecule has 1 atom stereocenters. The van der Waals surface area contributed by atoms with Gasteiger partial charge >= 0.3 is 0 Å². The second kappa shape index (κ2) is 7.16. The molecule has 1 aliphatic rings. The first-order valence-electron chi connectivity index (χ1n) is 6.72. The van der Waals surface area contributed by atoms with Crippen molar-refractivity contribution in [2.75, 3.05) is 31.1 Å². The zero-order chi connectivity index (χ0) is 13.8. The molecule has 106 valence electrons. The average molecular weight is 366 g/mol. The van der Waals surface area contributed by atoms with E-state index < -0.39 is 0 Å². The van der Waals surface area contributed by atoms with Crippen molar-refractivity contribution in [3.05, 3.63) is 26.7 Å². The third-order valence-electron chi connectivity index (χ3n) is 3.50. The molecule has 0 aromatic heterocycles. The third-order valence-corrected chi connectivity index (χ3v) is 5.26. The van der Waals surface area contributed by atoms with E-state index in [1.807, 2.05) is 12.1 Å². The molecule has 1 heterocycles. The minimum absolute atomic E-state index is 0.603. The summed E-state index contributed by atoms with van der Waals surface area (Å²) in [6.45, 7) is 6.48. The normalized spacial score (nSPS) is 19.2. The van der Waals surface area contributed by atoms with Gasteiger partial charge in [0.15, 0.2) is 0 Å². The molecule has 0 amide bonds. The first-order chi connectivity index (χ1) is 9.13. The molecule has 2 rings (SSSR count). The van der Waals surface area contributed by atoms with Crippen LogP contribution in [0, 0.1) is 5.92 Å². The van der Waals surface area contributed by atoms with Gasteiger partial charge in [-0.25, -0.2) is 0 Å². The van der Waals surface area contributed by atoms with Crippen LogP contribution in [0.15, 0.2) is 16.6 Å². The Morgan fingerprint density at radius 1 is 1.37 bits per heavy atom. The molecule has 2 nitrogen and oxygen atoms in total. The zero-order valence-electron chi connectivity index (χ0n) is 11.1. The largest absolute Gasteiger partial charge is 0.370 e. The lowest BCUT2D eigenvalue weighted by Crippen LogP contribution is -2.27. The van der Waals surface area contributed by atoms with Crippen LogP contribution in [-0.2, 0) is 0 Å². The maximum absolute atomic E-state index is 6.33. The van der Waals surface area contributed by atoms with Crippen LogP contribution in [-0.4, -0.2) is 26.2 Å². The number of halogens is 3. The Bertz CT molecular complexity index is 440. The summed E-state index contributed by atoms with van der Waals surface area (Å²) in [6, 6.07) is 4.01. The number of nitrogens with one attached hydrogen (secondary N) is 1. The highest BCUT2D eigenvalue weighted by Crippen LogP contribution is 2.39. The van der Waals surface area contributed by atoms with Gasteiger partial charge in [0, 0.05) is 17.6 Å². The molecule has 0 bridgehead atoms. The van der Waals surface area contributed by atoms with E-state index in [0.29, 0.717) is 16.0 Å². The van der Waals surface area contributed by atoms with E-state index in [0.717, 1.165) is 36.3 Å². The topological polar surface area (TPSA) is 15.3 Å². The van der Waals surface area contributed by atoms with E-state index in [4.69, 9.17) is 23.2 Å². The molecule has 1 aromatic carbocycles. The molecule has 19 heavy (non-hydrogen) atoms. The predicted molar refractivity (Wildman–Crippen MR) is 87.6 cm³/mol. The molecule has 0 radical (unpaired) electrons. The number of anilines is 1. The second-order valence-corrected chi connectivity index (χ2v) is 6.61. The Balaban J connectivity index is 1.99. The summed E-state index contributed by atoms with van der Waals surface area (Å²) >= 11 is 15.9. The SMILES string of the molecule is CCCNCC1CCN(c2ccc(Br)c(Cl)c2Cl)C1. The highest BCUT2D eigenvalue weighted by atomic mass is 79.9. The van der Waals surface area contributed by atoms with Crippen LogP contribution in [0.25, 0.3) is 0 Å². The number of rotatable bonds is 5. The van der Waals surface area contributed by atoms with E-state index in [-0.39, 0.29) is 0 Å². The summed E-state index contributed by atoms with van der Waals surface area (Å²) in [5.74, 6) is 0.699. The van der Waals surface area contributed by atoms with Gasteiger partial charge in [0.05, 0.1) is 15.7 Å². The van der Waals surface area contributed by atoms with Crippen molar-refractivity contribution in [3.63, 3.8) is 0 Å². The number of benzene rings is 1. The van der Waals surface area contributed by atoms with Crippen LogP contribution in [0.1, 0.15) is 19.8 Å². The Morgan fingerprint density at radius 3 is 2.89 bits per heavy atom. The molecule has 1 saturated heterocycles. The van der Waals surface area contributed by atoms with Gasteiger partial charge in [-0.05, 0) is 59.9 Å². The van der Waals surface area contributed by atoms with E-state index in [9.17, 15) is 0 Å². The van der Waals surface area contributed by atoms with Gasteiger partial charge in [-0.1, -0.05) is 30.1 Å². The summed E-state index contributed by atoms with van der Waals surface area (Å²) in [5, 5.41) is 4.75. The number of hydrogen-bond acceptors (Lipinski definition) is 2. The maximum atomic E-state index is 6.33. The van der Waals surface area contributed by atoms with Gasteiger partial charge in [0.25, 0.3) is 0 Å². The fourth-order valence-electron chi connectivity index (χ4n) is 2.46. The maximum Gasteiger partial charge on any atom is 0.0837 e. The van der Waals surface area contributed by atoms with Crippen molar-refractivity contribution in [2.45, 2.75) is 19.8 Å². The molecule has 0 spiro atoms. The van der Waals surface area contributed by atoms with Crippen LogP contribution in [0.5, 0.6) is 0 Å². The highest BCUT2D eigenvalue weighted by Gasteiger charge is 2.24. The van der Waals surface area contributed by atoms with Crippen LogP contribution < -0.4 is 10.2 Å². The molecule has 1 N–H and O–H groups in total. The third kappa shape index (κ3) is 3.78.